The molecular weight excluding hydrogens is 194 g/mol. The Morgan fingerprint density at radius 2 is 2.00 bits per heavy atom. The number of hydrogen-bond donors (Lipinski definition) is 1. The van der Waals surface area contributed by atoms with Crippen LogP contribution in [0.1, 0.15) is 46.5 Å². The van der Waals surface area contributed by atoms with Crippen LogP contribution in [0.15, 0.2) is 0 Å². The molecule has 14 heavy (non-hydrogen) atoms. The van der Waals surface area contributed by atoms with E-state index in [1.807, 2.05) is 0 Å². The molecule has 0 saturated heterocycles. The van der Waals surface area contributed by atoms with Crippen LogP contribution in [0.2, 0.25) is 0 Å². The first-order valence-electron chi connectivity index (χ1n) is 4.97. The molecule has 1 aromatic heterocycles. The van der Waals surface area contributed by atoms with E-state index in [-0.39, 0.29) is 5.41 Å². The van der Waals surface area contributed by atoms with Gasteiger partial charge in [0.15, 0.2) is 4.77 Å². The molecule has 0 bridgehead atoms. The molecule has 1 heterocycles. The number of rotatable bonds is 2. The second kappa shape index (κ2) is 3.85. The van der Waals surface area contributed by atoms with Crippen LogP contribution >= 0.6 is 12.2 Å². The fraction of sp³-hybridized carbons (Fsp3) is 0.800. The normalized spacial score (nSPS) is 12.4. The number of H-pyrrole nitrogens is 1. The molecule has 0 spiro atoms. The molecule has 0 atom stereocenters. The Morgan fingerprint density at radius 1 is 1.43 bits per heavy atom. The van der Waals surface area contributed by atoms with Crippen molar-refractivity contribution in [3.63, 3.8) is 0 Å². The van der Waals surface area contributed by atoms with E-state index in [0.29, 0.717) is 6.04 Å². The first-order valence-corrected chi connectivity index (χ1v) is 5.38. The second-order valence-corrected chi connectivity index (χ2v) is 5.53. The van der Waals surface area contributed by atoms with Crippen molar-refractivity contribution in [1.82, 2.24) is 14.8 Å². The Kier molecular flexibility index (Phi) is 3.14. The van der Waals surface area contributed by atoms with Gasteiger partial charge in [-0.05, 0) is 31.5 Å². The van der Waals surface area contributed by atoms with Crippen molar-refractivity contribution in [1.29, 1.82) is 0 Å². The average Bonchev–Trinajstić information content (AvgIpc) is 2.27. The Balaban J connectivity index is 3.04. The van der Waals surface area contributed by atoms with Crippen molar-refractivity contribution in [2.45, 2.75) is 47.1 Å². The Bertz CT molecular complexity index is 354. The Morgan fingerprint density at radius 3 is 2.43 bits per heavy atom. The molecule has 4 heteroatoms. The molecular formula is C10H19N3S. The van der Waals surface area contributed by atoms with Gasteiger partial charge in [0.1, 0.15) is 5.82 Å². The third-order valence-corrected chi connectivity index (χ3v) is 2.27. The van der Waals surface area contributed by atoms with Crippen molar-refractivity contribution >= 4 is 12.2 Å². The van der Waals surface area contributed by atoms with Gasteiger partial charge in [-0.3, -0.25) is 5.10 Å². The number of hydrogen-bond acceptors (Lipinski definition) is 2. The van der Waals surface area contributed by atoms with Gasteiger partial charge in [0.25, 0.3) is 0 Å². The van der Waals surface area contributed by atoms with Gasteiger partial charge in [0.2, 0.25) is 0 Å². The summed E-state index contributed by atoms with van der Waals surface area (Å²) in [4.78, 5) is 0. The van der Waals surface area contributed by atoms with Crippen LogP contribution in [0.25, 0.3) is 0 Å². The highest BCUT2D eigenvalue weighted by Crippen LogP contribution is 2.21. The minimum Gasteiger partial charge on any atom is -0.302 e. The highest BCUT2D eigenvalue weighted by Gasteiger charge is 2.17. The molecule has 0 aliphatic carbocycles. The van der Waals surface area contributed by atoms with Crippen LogP contribution in [0.4, 0.5) is 0 Å². The summed E-state index contributed by atoms with van der Waals surface area (Å²) in [5.74, 6) is 1.05. The smallest absolute Gasteiger partial charge is 0.195 e. The molecule has 0 radical (unpaired) electrons. The van der Waals surface area contributed by atoms with E-state index in [1.165, 1.54) is 0 Å². The lowest BCUT2D eigenvalue weighted by atomic mass is 9.92. The quantitative estimate of drug-likeness (QED) is 0.766. The van der Waals surface area contributed by atoms with E-state index in [0.717, 1.165) is 17.0 Å². The molecule has 0 amide bonds. The maximum atomic E-state index is 5.18. The van der Waals surface area contributed by atoms with Gasteiger partial charge in [-0.1, -0.05) is 20.8 Å². The number of nitrogens with one attached hydrogen (secondary N) is 1. The Labute approximate surface area is 90.5 Å². The molecule has 3 nitrogen and oxygen atoms in total. The molecule has 0 aromatic carbocycles. The zero-order valence-electron chi connectivity index (χ0n) is 9.59. The Hall–Kier alpha value is -0.640. The molecule has 0 fully saturated rings. The van der Waals surface area contributed by atoms with Crippen molar-refractivity contribution in [2.75, 3.05) is 0 Å². The summed E-state index contributed by atoms with van der Waals surface area (Å²) in [6.07, 6.45) is 0.943. The van der Waals surface area contributed by atoms with Crippen LogP contribution in [0, 0.1) is 10.2 Å². The standard InChI is InChI=1S/C10H19N3S/c1-7(2)13-8(6-10(3,4)5)11-12-9(13)14/h7H,6H2,1-5H3,(H,12,14). The van der Waals surface area contributed by atoms with E-state index in [4.69, 9.17) is 12.2 Å². The van der Waals surface area contributed by atoms with E-state index >= 15 is 0 Å². The zero-order chi connectivity index (χ0) is 10.9. The van der Waals surface area contributed by atoms with Crippen LogP contribution in [-0.2, 0) is 6.42 Å². The lowest BCUT2D eigenvalue weighted by Gasteiger charge is -2.19. The molecule has 0 aliphatic rings. The molecule has 0 aliphatic heterocycles. The van der Waals surface area contributed by atoms with Gasteiger partial charge in [-0.15, -0.1) is 0 Å². The summed E-state index contributed by atoms with van der Waals surface area (Å²) in [6, 6.07) is 0.374. The van der Waals surface area contributed by atoms with Crippen molar-refractivity contribution in [3.8, 4) is 0 Å². The van der Waals surface area contributed by atoms with E-state index in [2.05, 4.69) is 49.4 Å². The third-order valence-electron chi connectivity index (χ3n) is 1.98. The van der Waals surface area contributed by atoms with Gasteiger partial charge < -0.3 is 4.57 Å². The number of nitrogens with zero attached hydrogens (tertiary/aromatic N) is 2. The highest BCUT2D eigenvalue weighted by atomic mass is 32.1. The lowest BCUT2D eigenvalue weighted by Crippen LogP contribution is -2.15. The summed E-state index contributed by atoms with van der Waals surface area (Å²) in [6.45, 7) is 10.9. The van der Waals surface area contributed by atoms with E-state index in [9.17, 15) is 0 Å². The topological polar surface area (TPSA) is 33.6 Å². The van der Waals surface area contributed by atoms with Gasteiger partial charge >= 0.3 is 0 Å². The van der Waals surface area contributed by atoms with Gasteiger partial charge in [-0.25, -0.2) is 0 Å². The number of aromatic amines is 1. The second-order valence-electron chi connectivity index (χ2n) is 5.15. The summed E-state index contributed by atoms with van der Waals surface area (Å²) >= 11 is 5.18. The SMILES string of the molecule is CC(C)n1c(CC(C)(C)C)n[nH]c1=S. The lowest BCUT2D eigenvalue weighted by molar-refractivity contribution is 0.385. The van der Waals surface area contributed by atoms with Crippen LogP contribution in [0.3, 0.4) is 0 Å². The summed E-state index contributed by atoms with van der Waals surface area (Å²) in [5, 5.41) is 7.13. The van der Waals surface area contributed by atoms with Crippen molar-refractivity contribution < 1.29 is 0 Å². The first-order chi connectivity index (χ1) is 6.31. The summed E-state index contributed by atoms with van der Waals surface area (Å²) in [7, 11) is 0. The molecule has 80 valence electrons. The van der Waals surface area contributed by atoms with Crippen molar-refractivity contribution in [3.05, 3.63) is 10.6 Å². The predicted octanol–water partition coefficient (Wildman–Crippen LogP) is 3.11. The highest BCUT2D eigenvalue weighted by molar-refractivity contribution is 7.71. The fourth-order valence-electron chi connectivity index (χ4n) is 1.47. The zero-order valence-corrected chi connectivity index (χ0v) is 10.4. The van der Waals surface area contributed by atoms with E-state index in [1.54, 1.807) is 0 Å². The largest absolute Gasteiger partial charge is 0.302 e. The van der Waals surface area contributed by atoms with Gasteiger partial charge in [0.05, 0.1) is 0 Å². The van der Waals surface area contributed by atoms with Crippen LogP contribution < -0.4 is 0 Å². The van der Waals surface area contributed by atoms with Crippen molar-refractivity contribution in [2.24, 2.45) is 5.41 Å². The maximum Gasteiger partial charge on any atom is 0.195 e. The third kappa shape index (κ3) is 2.67. The minimum absolute atomic E-state index is 0.244. The first kappa shape index (κ1) is 11.4. The monoisotopic (exact) mass is 213 g/mol. The predicted molar refractivity (Wildman–Crippen MR) is 61.0 cm³/mol. The average molecular weight is 213 g/mol. The van der Waals surface area contributed by atoms with Gasteiger partial charge in [0, 0.05) is 12.5 Å². The summed E-state index contributed by atoms with van der Waals surface area (Å²) in [5.41, 5.74) is 0.244. The van der Waals surface area contributed by atoms with E-state index < -0.39 is 0 Å². The molecule has 1 N–H and O–H groups in total. The molecule has 0 unspecified atom stereocenters. The molecule has 0 saturated carbocycles. The number of aromatic nitrogens is 3. The fourth-order valence-corrected chi connectivity index (χ4v) is 1.83. The van der Waals surface area contributed by atoms with Crippen LogP contribution in [-0.4, -0.2) is 14.8 Å². The maximum absolute atomic E-state index is 5.18. The summed E-state index contributed by atoms with van der Waals surface area (Å²) < 4.78 is 2.81. The minimum atomic E-state index is 0.244. The molecule has 1 aromatic rings. The van der Waals surface area contributed by atoms with Gasteiger partial charge in [-0.2, -0.15) is 5.10 Å². The van der Waals surface area contributed by atoms with Crippen LogP contribution in [0.5, 0.6) is 0 Å². The molecule has 1 rings (SSSR count).